The largest absolute Gasteiger partial charge is 0.497 e. The Morgan fingerprint density at radius 3 is 2.53 bits per heavy atom. The number of ether oxygens (including phenoxy) is 1. The molecule has 1 aromatic rings. The van der Waals surface area contributed by atoms with Crippen molar-refractivity contribution in [2.45, 2.75) is 5.50 Å². The molecule has 1 atom stereocenters. The van der Waals surface area contributed by atoms with Crippen LogP contribution in [-0.4, -0.2) is 24.8 Å². The van der Waals surface area contributed by atoms with E-state index in [-0.39, 0.29) is 11.4 Å². The van der Waals surface area contributed by atoms with Crippen LogP contribution in [0.5, 0.6) is 5.75 Å². The summed E-state index contributed by atoms with van der Waals surface area (Å²) >= 11 is 1.55. The maximum Gasteiger partial charge on any atom is 0.269 e. The number of rotatable bonds is 3. The lowest BCUT2D eigenvalue weighted by Crippen LogP contribution is -2.27. The minimum absolute atomic E-state index is 0.0352. The highest BCUT2D eigenvalue weighted by Crippen LogP contribution is 2.16. The SMILES string of the molecule is COc1ccc(/C=C2/NC(SC)NC2=O)cc1. The molecular formula is C12H14N2O2S. The molecule has 1 heterocycles. The summed E-state index contributed by atoms with van der Waals surface area (Å²) in [7, 11) is 1.63. The lowest BCUT2D eigenvalue weighted by molar-refractivity contribution is -0.116. The average Bonchev–Trinajstić information content (AvgIpc) is 2.71. The van der Waals surface area contributed by atoms with Crippen LogP contribution in [0.4, 0.5) is 0 Å². The van der Waals surface area contributed by atoms with Crippen molar-refractivity contribution in [3.63, 3.8) is 0 Å². The molecule has 1 amide bonds. The van der Waals surface area contributed by atoms with Crippen molar-refractivity contribution in [2.75, 3.05) is 13.4 Å². The average molecular weight is 250 g/mol. The van der Waals surface area contributed by atoms with Crippen LogP contribution < -0.4 is 15.4 Å². The first-order valence-electron chi connectivity index (χ1n) is 5.19. The highest BCUT2D eigenvalue weighted by molar-refractivity contribution is 7.99. The van der Waals surface area contributed by atoms with E-state index in [1.807, 2.05) is 36.6 Å². The van der Waals surface area contributed by atoms with Crippen LogP contribution in [0.2, 0.25) is 0 Å². The van der Waals surface area contributed by atoms with Crippen molar-refractivity contribution in [1.29, 1.82) is 0 Å². The summed E-state index contributed by atoms with van der Waals surface area (Å²) in [6.07, 6.45) is 3.76. The van der Waals surface area contributed by atoms with Gasteiger partial charge in [0.05, 0.1) is 7.11 Å². The number of carbonyl (C=O) groups is 1. The minimum atomic E-state index is -0.0693. The van der Waals surface area contributed by atoms with E-state index >= 15 is 0 Å². The van der Waals surface area contributed by atoms with E-state index in [0.29, 0.717) is 5.70 Å². The molecule has 0 spiro atoms. The van der Waals surface area contributed by atoms with Gasteiger partial charge in [0.15, 0.2) is 0 Å². The van der Waals surface area contributed by atoms with Crippen molar-refractivity contribution in [2.24, 2.45) is 0 Å². The van der Waals surface area contributed by atoms with Gasteiger partial charge in [0.1, 0.15) is 16.9 Å². The van der Waals surface area contributed by atoms with Gasteiger partial charge in [-0.15, -0.1) is 11.8 Å². The number of hydrogen-bond donors (Lipinski definition) is 2. The number of methoxy groups -OCH3 is 1. The van der Waals surface area contributed by atoms with E-state index < -0.39 is 0 Å². The molecule has 0 saturated carbocycles. The molecule has 5 heteroatoms. The summed E-state index contributed by atoms with van der Waals surface area (Å²) in [6.45, 7) is 0. The third kappa shape index (κ3) is 2.74. The number of thioether (sulfide) groups is 1. The van der Waals surface area contributed by atoms with Crippen molar-refractivity contribution in [3.8, 4) is 5.75 Å². The van der Waals surface area contributed by atoms with Gasteiger partial charge in [0.2, 0.25) is 0 Å². The smallest absolute Gasteiger partial charge is 0.269 e. The molecule has 1 fully saturated rings. The summed E-state index contributed by atoms with van der Waals surface area (Å²) in [5, 5.41) is 5.92. The van der Waals surface area contributed by atoms with Crippen LogP contribution in [0.15, 0.2) is 30.0 Å². The molecule has 0 aliphatic carbocycles. The fraction of sp³-hybridized carbons (Fsp3) is 0.250. The highest BCUT2D eigenvalue weighted by atomic mass is 32.2. The Morgan fingerprint density at radius 2 is 2.00 bits per heavy atom. The van der Waals surface area contributed by atoms with Crippen molar-refractivity contribution in [1.82, 2.24) is 10.6 Å². The van der Waals surface area contributed by atoms with Crippen LogP contribution >= 0.6 is 11.8 Å². The summed E-state index contributed by atoms with van der Waals surface area (Å²) in [4.78, 5) is 11.6. The van der Waals surface area contributed by atoms with Gasteiger partial charge in [-0.25, -0.2) is 0 Å². The standard InChI is InChI=1S/C12H14N2O2S/c1-16-9-5-3-8(4-6-9)7-10-11(15)14-12(13-10)17-2/h3-7,12-13H,1-2H3,(H,14,15)/b10-7+. The Kier molecular flexibility index (Phi) is 3.58. The molecule has 1 aromatic carbocycles. The number of carbonyl (C=O) groups excluding carboxylic acids is 1. The first-order chi connectivity index (χ1) is 8.22. The molecule has 4 nitrogen and oxygen atoms in total. The maximum atomic E-state index is 11.6. The lowest BCUT2D eigenvalue weighted by atomic mass is 10.2. The van der Waals surface area contributed by atoms with Crippen LogP contribution in [0.3, 0.4) is 0 Å². The first kappa shape index (κ1) is 11.9. The third-order valence-corrected chi connectivity index (χ3v) is 3.16. The summed E-state index contributed by atoms with van der Waals surface area (Å²) in [6, 6.07) is 7.55. The second kappa shape index (κ2) is 5.14. The Labute approximate surface area is 104 Å². The Morgan fingerprint density at radius 1 is 1.29 bits per heavy atom. The molecule has 1 aliphatic heterocycles. The van der Waals surface area contributed by atoms with Crippen molar-refractivity contribution < 1.29 is 9.53 Å². The topological polar surface area (TPSA) is 50.4 Å². The monoisotopic (exact) mass is 250 g/mol. The minimum Gasteiger partial charge on any atom is -0.497 e. The molecule has 90 valence electrons. The van der Waals surface area contributed by atoms with Gasteiger partial charge < -0.3 is 15.4 Å². The molecule has 17 heavy (non-hydrogen) atoms. The molecule has 1 aliphatic rings. The molecule has 0 radical (unpaired) electrons. The summed E-state index contributed by atoms with van der Waals surface area (Å²) in [5.74, 6) is 0.734. The molecule has 1 saturated heterocycles. The molecular weight excluding hydrogens is 236 g/mol. The maximum absolute atomic E-state index is 11.6. The van der Waals surface area contributed by atoms with E-state index in [0.717, 1.165) is 11.3 Å². The Hall–Kier alpha value is -1.62. The summed E-state index contributed by atoms with van der Waals surface area (Å²) in [5.41, 5.74) is 1.52. The fourth-order valence-corrected chi connectivity index (χ4v) is 2.00. The van der Waals surface area contributed by atoms with E-state index in [2.05, 4.69) is 10.6 Å². The number of nitrogens with one attached hydrogen (secondary N) is 2. The molecule has 2 N–H and O–H groups in total. The summed E-state index contributed by atoms with van der Waals surface area (Å²) < 4.78 is 5.08. The number of hydrogen-bond acceptors (Lipinski definition) is 4. The van der Waals surface area contributed by atoms with Gasteiger partial charge in [-0.1, -0.05) is 12.1 Å². The van der Waals surface area contributed by atoms with E-state index in [9.17, 15) is 4.79 Å². The fourth-order valence-electron chi connectivity index (χ4n) is 1.53. The Balaban J connectivity index is 2.15. The van der Waals surface area contributed by atoms with Crippen LogP contribution in [0.1, 0.15) is 5.56 Å². The Bertz CT molecular complexity index is 442. The number of amides is 1. The molecule has 0 aromatic heterocycles. The second-order valence-corrected chi connectivity index (χ2v) is 4.51. The highest BCUT2D eigenvalue weighted by Gasteiger charge is 2.23. The number of benzene rings is 1. The normalized spacial score (nSPS) is 21.2. The van der Waals surface area contributed by atoms with Gasteiger partial charge >= 0.3 is 0 Å². The van der Waals surface area contributed by atoms with Crippen LogP contribution in [-0.2, 0) is 4.79 Å². The van der Waals surface area contributed by atoms with Gasteiger partial charge in [0, 0.05) is 0 Å². The molecule has 2 rings (SSSR count). The van der Waals surface area contributed by atoms with Crippen molar-refractivity contribution >= 4 is 23.7 Å². The quantitative estimate of drug-likeness (QED) is 0.796. The van der Waals surface area contributed by atoms with E-state index in [1.165, 1.54) is 0 Å². The molecule has 0 bridgehead atoms. The van der Waals surface area contributed by atoms with Gasteiger partial charge in [-0.05, 0) is 30.0 Å². The van der Waals surface area contributed by atoms with Crippen LogP contribution in [0, 0.1) is 0 Å². The first-order valence-corrected chi connectivity index (χ1v) is 6.47. The van der Waals surface area contributed by atoms with E-state index in [1.54, 1.807) is 18.9 Å². The van der Waals surface area contributed by atoms with Crippen molar-refractivity contribution in [3.05, 3.63) is 35.5 Å². The van der Waals surface area contributed by atoms with E-state index in [4.69, 9.17) is 4.74 Å². The zero-order chi connectivity index (χ0) is 12.3. The molecule has 1 unspecified atom stereocenters. The third-order valence-electron chi connectivity index (χ3n) is 2.46. The lowest BCUT2D eigenvalue weighted by Gasteiger charge is -2.05. The van der Waals surface area contributed by atoms with Gasteiger partial charge in [-0.3, -0.25) is 4.79 Å². The zero-order valence-corrected chi connectivity index (χ0v) is 10.5. The zero-order valence-electron chi connectivity index (χ0n) is 9.69. The van der Waals surface area contributed by atoms with Gasteiger partial charge in [0.25, 0.3) is 5.91 Å². The van der Waals surface area contributed by atoms with Crippen LogP contribution in [0.25, 0.3) is 6.08 Å². The predicted molar refractivity (Wildman–Crippen MR) is 69.6 cm³/mol. The predicted octanol–water partition coefficient (Wildman–Crippen LogP) is 1.40. The second-order valence-electron chi connectivity index (χ2n) is 3.56. The van der Waals surface area contributed by atoms with Gasteiger partial charge in [-0.2, -0.15) is 0 Å².